The van der Waals surface area contributed by atoms with Crippen molar-refractivity contribution in [2.24, 2.45) is 0 Å². The molecule has 0 unspecified atom stereocenters. The van der Waals surface area contributed by atoms with Crippen molar-refractivity contribution in [1.29, 1.82) is 0 Å². The minimum Gasteiger partial charge on any atom is -0.506 e. The molecule has 2 aromatic rings. The summed E-state index contributed by atoms with van der Waals surface area (Å²) >= 11 is 8.40. The lowest BCUT2D eigenvalue weighted by Crippen LogP contribution is -2.34. The first-order valence-electron chi connectivity index (χ1n) is 6.55. The van der Waals surface area contributed by atoms with Gasteiger partial charge in [0.1, 0.15) is 5.75 Å². The van der Waals surface area contributed by atoms with Gasteiger partial charge >= 0.3 is 0 Å². The number of phenolic OH excluding ortho intramolecular Hbond substituents is 1. The predicted molar refractivity (Wildman–Crippen MR) is 95.4 cm³/mol. The summed E-state index contributed by atoms with van der Waals surface area (Å²) in [5.74, 6) is -0.0905. The average Bonchev–Trinajstić information content (AvgIpc) is 2.45. The standard InChI is InChI=1S/C16H15BrN2O2S/c1-9-3-5-11(6-4-9)15(21)19-16(22)18-12-7-10(2)14(20)13(17)8-12/h3-8,20H,1-2H3,(H2,18,19,21,22). The van der Waals surface area contributed by atoms with Gasteiger partial charge in [-0.05, 0) is 71.8 Å². The molecule has 0 aromatic heterocycles. The molecule has 1 amide bonds. The van der Waals surface area contributed by atoms with Crippen molar-refractivity contribution in [2.45, 2.75) is 13.8 Å². The zero-order valence-electron chi connectivity index (χ0n) is 12.1. The monoisotopic (exact) mass is 378 g/mol. The first kappa shape index (κ1) is 16.5. The highest BCUT2D eigenvalue weighted by Gasteiger charge is 2.09. The van der Waals surface area contributed by atoms with Gasteiger partial charge < -0.3 is 10.4 Å². The number of amides is 1. The number of hydrogen-bond donors (Lipinski definition) is 3. The summed E-state index contributed by atoms with van der Waals surface area (Å²) in [6, 6.07) is 10.7. The highest BCUT2D eigenvalue weighted by atomic mass is 79.9. The maximum absolute atomic E-state index is 12.1. The van der Waals surface area contributed by atoms with Crippen LogP contribution in [-0.4, -0.2) is 16.1 Å². The normalized spacial score (nSPS) is 10.1. The van der Waals surface area contributed by atoms with Crippen molar-refractivity contribution in [3.05, 3.63) is 57.6 Å². The van der Waals surface area contributed by atoms with E-state index in [1.54, 1.807) is 31.2 Å². The number of carbonyl (C=O) groups is 1. The van der Waals surface area contributed by atoms with Crippen LogP contribution in [0.15, 0.2) is 40.9 Å². The van der Waals surface area contributed by atoms with Gasteiger partial charge in [0.2, 0.25) is 0 Å². The molecule has 6 heteroatoms. The van der Waals surface area contributed by atoms with Crippen LogP contribution in [0.2, 0.25) is 0 Å². The third kappa shape index (κ3) is 4.05. The van der Waals surface area contributed by atoms with E-state index in [2.05, 4.69) is 26.6 Å². The Hall–Kier alpha value is -1.92. The SMILES string of the molecule is Cc1ccc(C(=O)NC(=S)Nc2cc(C)c(O)c(Br)c2)cc1. The molecule has 22 heavy (non-hydrogen) atoms. The maximum atomic E-state index is 12.1. The fourth-order valence-corrected chi connectivity index (χ4v) is 2.62. The predicted octanol–water partition coefficient (Wildman–Crippen LogP) is 3.90. The molecule has 0 radical (unpaired) electrons. The average molecular weight is 379 g/mol. The van der Waals surface area contributed by atoms with Crippen LogP contribution in [0, 0.1) is 13.8 Å². The molecule has 114 valence electrons. The highest BCUT2D eigenvalue weighted by Crippen LogP contribution is 2.30. The van der Waals surface area contributed by atoms with E-state index in [0.717, 1.165) is 5.56 Å². The minimum atomic E-state index is -0.271. The second-order valence-electron chi connectivity index (χ2n) is 4.90. The second kappa shape index (κ2) is 6.89. The molecule has 0 saturated heterocycles. The number of carbonyl (C=O) groups excluding carboxylic acids is 1. The number of anilines is 1. The summed E-state index contributed by atoms with van der Waals surface area (Å²) in [4.78, 5) is 12.1. The van der Waals surface area contributed by atoms with Gasteiger partial charge in [0.05, 0.1) is 4.47 Å². The van der Waals surface area contributed by atoms with Crippen LogP contribution in [0.25, 0.3) is 0 Å². The Kier molecular flexibility index (Phi) is 5.15. The summed E-state index contributed by atoms with van der Waals surface area (Å²) in [5, 5.41) is 15.4. The number of hydrogen-bond acceptors (Lipinski definition) is 3. The smallest absolute Gasteiger partial charge is 0.257 e. The number of halogens is 1. The lowest BCUT2D eigenvalue weighted by Gasteiger charge is -2.12. The fraction of sp³-hybridized carbons (Fsp3) is 0.125. The van der Waals surface area contributed by atoms with E-state index in [1.807, 2.05) is 19.1 Å². The molecule has 0 heterocycles. The largest absolute Gasteiger partial charge is 0.506 e. The van der Waals surface area contributed by atoms with E-state index < -0.39 is 0 Å². The van der Waals surface area contributed by atoms with Crippen LogP contribution < -0.4 is 10.6 Å². The third-order valence-electron chi connectivity index (χ3n) is 3.05. The zero-order valence-corrected chi connectivity index (χ0v) is 14.5. The van der Waals surface area contributed by atoms with Crippen LogP contribution in [0.3, 0.4) is 0 Å². The van der Waals surface area contributed by atoms with Gasteiger partial charge in [-0.1, -0.05) is 17.7 Å². The molecular weight excluding hydrogens is 364 g/mol. The molecule has 0 saturated carbocycles. The number of rotatable bonds is 2. The maximum Gasteiger partial charge on any atom is 0.257 e. The van der Waals surface area contributed by atoms with Gasteiger partial charge in [-0.2, -0.15) is 0 Å². The van der Waals surface area contributed by atoms with E-state index in [1.165, 1.54) is 0 Å². The summed E-state index contributed by atoms with van der Waals surface area (Å²) in [7, 11) is 0. The zero-order chi connectivity index (χ0) is 16.3. The van der Waals surface area contributed by atoms with Crippen LogP contribution in [0.5, 0.6) is 5.75 Å². The third-order valence-corrected chi connectivity index (χ3v) is 3.86. The molecule has 2 rings (SSSR count). The summed E-state index contributed by atoms with van der Waals surface area (Å²) in [6.07, 6.45) is 0. The second-order valence-corrected chi connectivity index (χ2v) is 6.16. The van der Waals surface area contributed by atoms with Gasteiger partial charge in [0, 0.05) is 11.3 Å². The van der Waals surface area contributed by atoms with E-state index in [4.69, 9.17) is 12.2 Å². The Bertz CT molecular complexity index is 706. The van der Waals surface area contributed by atoms with Crippen molar-refractivity contribution in [3.63, 3.8) is 0 Å². The van der Waals surface area contributed by atoms with Crippen LogP contribution >= 0.6 is 28.1 Å². The molecule has 3 N–H and O–H groups in total. The Balaban J connectivity index is 2.04. The molecule has 4 nitrogen and oxygen atoms in total. The Morgan fingerprint density at radius 1 is 1.18 bits per heavy atom. The quantitative estimate of drug-likeness (QED) is 0.547. The van der Waals surface area contributed by atoms with E-state index in [-0.39, 0.29) is 16.8 Å². The molecule has 0 fully saturated rings. The van der Waals surface area contributed by atoms with Crippen LogP contribution in [0.4, 0.5) is 5.69 Å². The van der Waals surface area contributed by atoms with Gasteiger partial charge in [0.15, 0.2) is 5.11 Å². The lowest BCUT2D eigenvalue weighted by atomic mass is 10.1. The number of aromatic hydroxyl groups is 1. The number of aryl methyl sites for hydroxylation is 2. The Morgan fingerprint density at radius 2 is 1.82 bits per heavy atom. The van der Waals surface area contributed by atoms with Crippen molar-refractivity contribution in [2.75, 3.05) is 5.32 Å². The summed E-state index contributed by atoms with van der Waals surface area (Å²) in [5.41, 5.74) is 3.00. The highest BCUT2D eigenvalue weighted by molar-refractivity contribution is 9.10. The topological polar surface area (TPSA) is 61.4 Å². The number of thiocarbonyl (C=S) groups is 1. The van der Waals surface area contributed by atoms with Crippen LogP contribution in [-0.2, 0) is 0 Å². The molecule has 2 aromatic carbocycles. The van der Waals surface area contributed by atoms with E-state index >= 15 is 0 Å². The fourth-order valence-electron chi connectivity index (χ4n) is 1.85. The van der Waals surface area contributed by atoms with E-state index in [9.17, 15) is 9.90 Å². The molecule has 0 aliphatic rings. The Morgan fingerprint density at radius 3 is 2.41 bits per heavy atom. The van der Waals surface area contributed by atoms with E-state index in [0.29, 0.717) is 21.3 Å². The Labute approximate surface area is 142 Å². The summed E-state index contributed by atoms with van der Waals surface area (Å²) < 4.78 is 0.558. The molecule has 0 bridgehead atoms. The van der Waals surface area contributed by atoms with Crippen LogP contribution in [0.1, 0.15) is 21.5 Å². The van der Waals surface area contributed by atoms with Crippen molar-refractivity contribution in [3.8, 4) is 5.75 Å². The molecule has 0 aliphatic carbocycles. The number of phenols is 1. The summed E-state index contributed by atoms with van der Waals surface area (Å²) in [6.45, 7) is 3.73. The van der Waals surface area contributed by atoms with Crippen molar-refractivity contribution >= 4 is 44.9 Å². The van der Waals surface area contributed by atoms with Gasteiger partial charge in [0.25, 0.3) is 5.91 Å². The number of benzene rings is 2. The molecule has 0 aliphatic heterocycles. The van der Waals surface area contributed by atoms with Gasteiger partial charge in [-0.25, -0.2) is 0 Å². The van der Waals surface area contributed by atoms with Crippen molar-refractivity contribution < 1.29 is 9.90 Å². The first-order valence-corrected chi connectivity index (χ1v) is 7.75. The molecular formula is C16H15BrN2O2S. The first-order chi connectivity index (χ1) is 10.4. The van der Waals surface area contributed by atoms with Gasteiger partial charge in [-0.3, -0.25) is 10.1 Å². The van der Waals surface area contributed by atoms with Gasteiger partial charge in [-0.15, -0.1) is 0 Å². The molecule has 0 atom stereocenters. The van der Waals surface area contributed by atoms with Crippen molar-refractivity contribution in [1.82, 2.24) is 5.32 Å². The minimum absolute atomic E-state index is 0.181. The lowest BCUT2D eigenvalue weighted by molar-refractivity contribution is 0.0977. The molecule has 0 spiro atoms. The number of nitrogens with one attached hydrogen (secondary N) is 2.